The van der Waals surface area contributed by atoms with Gasteiger partial charge in [-0.05, 0) is 37.1 Å². The molecule has 0 radical (unpaired) electrons. The van der Waals surface area contributed by atoms with Crippen molar-refractivity contribution < 1.29 is 9.32 Å². The zero-order valence-electron chi connectivity index (χ0n) is 13.6. The Morgan fingerprint density at radius 3 is 2.88 bits per heavy atom. The van der Waals surface area contributed by atoms with Gasteiger partial charge >= 0.3 is 0 Å². The van der Waals surface area contributed by atoms with Crippen LogP contribution < -0.4 is 10.6 Å². The maximum absolute atomic E-state index is 12.3. The largest absolute Gasteiger partial charge is 0.360 e. The Kier molecular flexibility index (Phi) is 5.30. The van der Waals surface area contributed by atoms with E-state index < -0.39 is 0 Å². The number of carbonyl (C=O) groups excluding carboxylic acids is 1. The van der Waals surface area contributed by atoms with Gasteiger partial charge in [-0.2, -0.15) is 0 Å². The molecule has 2 N–H and O–H groups in total. The van der Waals surface area contributed by atoms with Crippen LogP contribution in [0.25, 0.3) is 0 Å². The van der Waals surface area contributed by atoms with Crippen molar-refractivity contribution in [2.75, 3.05) is 11.9 Å². The van der Waals surface area contributed by atoms with Gasteiger partial charge in [-0.15, -0.1) is 0 Å². The highest BCUT2D eigenvalue weighted by Crippen LogP contribution is 2.16. The fourth-order valence-electron chi connectivity index (χ4n) is 2.32. The minimum absolute atomic E-state index is 0.186. The first-order chi connectivity index (χ1) is 12.1. The molecule has 0 bridgehead atoms. The smallest absolute Gasteiger partial charge is 0.252 e. The molecule has 128 valence electrons. The van der Waals surface area contributed by atoms with Crippen LogP contribution in [0, 0.1) is 6.92 Å². The van der Waals surface area contributed by atoms with E-state index >= 15 is 0 Å². The van der Waals surface area contributed by atoms with Crippen molar-refractivity contribution in [3.8, 4) is 0 Å². The van der Waals surface area contributed by atoms with Crippen LogP contribution in [0.3, 0.4) is 0 Å². The summed E-state index contributed by atoms with van der Waals surface area (Å²) in [4.78, 5) is 16.4. The summed E-state index contributed by atoms with van der Waals surface area (Å²) in [6, 6.07) is 11.1. The first kappa shape index (κ1) is 17.0. The van der Waals surface area contributed by atoms with Crippen molar-refractivity contribution >= 4 is 29.0 Å². The Morgan fingerprint density at radius 2 is 2.12 bits per heavy atom. The molecule has 7 heteroatoms. The molecule has 1 aromatic carbocycles. The van der Waals surface area contributed by atoms with E-state index in [0.717, 1.165) is 5.56 Å². The molecule has 0 aliphatic heterocycles. The number of nitrogens with zero attached hydrogens (tertiary/aromatic N) is 2. The maximum Gasteiger partial charge on any atom is 0.252 e. The zero-order valence-corrected chi connectivity index (χ0v) is 14.4. The molecule has 0 saturated heterocycles. The highest BCUT2D eigenvalue weighted by Gasteiger charge is 2.08. The SMILES string of the molecule is Cc1cc(Nc2cncc(C(=O)NCCc3cccc(Cl)c3)c2)no1. The van der Waals surface area contributed by atoms with Crippen molar-refractivity contribution in [1.82, 2.24) is 15.5 Å². The number of aryl methyl sites for hydroxylation is 1. The zero-order chi connectivity index (χ0) is 17.6. The summed E-state index contributed by atoms with van der Waals surface area (Å²) in [5.41, 5.74) is 2.20. The molecule has 2 aromatic heterocycles. The molecule has 0 saturated carbocycles. The number of carbonyl (C=O) groups is 1. The standard InChI is InChI=1S/C18H17ClN4O2/c1-12-7-17(23-25-12)22-16-9-14(10-20-11-16)18(24)21-6-5-13-3-2-4-15(19)8-13/h2-4,7-11H,5-6H2,1H3,(H,21,24)(H,22,23). The van der Waals surface area contributed by atoms with Crippen LogP contribution in [0.5, 0.6) is 0 Å². The second kappa shape index (κ2) is 7.81. The van der Waals surface area contributed by atoms with E-state index in [-0.39, 0.29) is 5.91 Å². The van der Waals surface area contributed by atoms with Crippen molar-refractivity contribution in [1.29, 1.82) is 0 Å². The van der Waals surface area contributed by atoms with Gasteiger partial charge in [0.2, 0.25) is 0 Å². The molecule has 25 heavy (non-hydrogen) atoms. The Morgan fingerprint density at radius 1 is 1.24 bits per heavy atom. The van der Waals surface area contributed by atoms with Crippen LogP contribution in [-0.2, 0) is 6.42 Å². The number of hydrogen-bond donors (Lipinski definition) is 2. The lowest BCUT2D eigenvalue weighted by Gasteiger charge is -2.07. The first-order valence-corrected chi connectivity index (χ1v) is 8.16. The lowest BCUT2D eigenvalue weighted by Crippen LogP contribution is -2.25. The highest BCUT2D eigenvalue weighted by molar-refractivity contribution is 6.30. The second-order valence-corrected chi connectivity index (χ2v) is 5.98. The minimum Gasteiger partial charge on any atom is -0.360 e. The predicted molar refractivity (Wildman–Crippen MR) is 96.2 cm³/mol. The Balaban J connectivity index is 1.57. The summed E-state index contributed by atoms with van der Waals surface area (Å²) in [6.45, 7) is 2.32. The number of pyridine rings is 1. The molecule has 0 spiro atoms. The van der Waals surface area contributed by atoms with Crippen LogP contribution in [-0.4, -0.2) is 22.6 Å². The van der Waals surface area contributed by atoms with Crippen LogP contribution >= 0.6 is 11.6 Å². The summed E-state index contributed by atoms with van der Waals surface area (Å²) in [6.07, 6.45) is 3.84. The van der Waals surface area contributed by atoms with Gasteiger partial charge < -0.3 is 15.2 Å². The van der Waals surface area contributed by atoms with Crippen LogP contribution in [0.2, 0.25) is 5.02 Å². The van der Waals surface area contributed by atoms with Crippen LogP contribution in [0.15, 0.2) is 53.3 Å². The Hall–Kier alpha value is -2.86. The fraction of sp³-hybridized carbons (Fsp3) is 0.167. The third-order valence-corrected chi connectivity index (χ3v) is 3.72. The third-order valence-electron chi connectivity index (χ3n) is 3.49. The van der Waals surface area contributed by atoms with Crippen LogP contribution in [0.1, 0.15) is 21.7 Å². The summed E-state index contributed by atoms with van der Waals surface area (Å²) >= 11 is 5.95. The Labute approximate surface area is 150 Å². The molecule has 1 amide bonds. The van der Waals surface area contributed by atoms with Gasteiger partial charge in [0.25, 0.3) is 5.91 Å². The average molecular weight is 357 g/mol. The van der Waals surface area contributed by atoms with E-state index in [1.54, 1.807) is 25.3 Å². The fourth-order valence-corrected chi connectivity index (χ4v) is 2.53. The van der Waals surface area contributed by atoms with Crippen molar-refractivity contribution in [3.63, 3.8) is 0 Å². The molecule has 0 aliphatic rings. The molecule has 0 aliphatic carbocycles. The van der Waals surface area contributed by atoms with Crippen molar-refractivity contribution in [2.45, 2.75) is 13.3 Å². The van der Waals surface area contributed by atoms with Crippen molar-refractivity contribution in [3.05, 3.63) is 70.7 Å². The van der Waals surface area contributed by atoms with E-state index in [1.807, 2.05) is 24.3 Å². The first-order valence-electron chi connectivity index (χ1n) is 7.78. The topological polar surface area (TPSA) is 80.0 Å². The molecular weight excluding hydrogens is 340 g/mol. The number of aromatic nitrogens is 2. The molecule has 0 fully saturated rings. The quantitative estimate of drug-likeness (QED) is 0.703. The average Bonchev–Trinajstić information content (AvgIpc) is 3.00. The lowest BCUT2D eigenvalue weighted by molar-refractivity contribution is 0.0954. The van der Waals surface area contributed by atoms with Gasteiger partial charge in [-0.25, -0.2) is 0 Å². The van der Waals surface area contributed by atoms with E-state index in [9.17, 15) is 4.79 Å². The summed E-state index contributed by atoms with van der Waals surface area (Å²) in [7, 11) is 0. The van der Waals surface area contributed by atoms with E-state index in [1.165, 1.54) is 6.20 Å². The highest BCUT2D eigenvalue weighted by atomic mass is 35.5. The number of hydrogen-bond acceptors (Lipinski definition) is 5. The predicted octanol–water partition coefficient (Wildman–Crippen LogP) is 3.75. The van der Waals surface area contributed by atoms with Gasteiger partial charge in [0.05, 0.1) is 17.4 Å². The molecule has 2 heterocycles. The number of halogens is 1. The molecule has 6 nitrogen and oxygen atoms in total. The molecule has 0 unspecified atom stereocenters. The van der Waals surface area contributed by atoms with Gasteiger partial charge in [-0.1, -0.05) is 28.9 Å². The normalized spacial score (nSPS) is 10.5. The monoisotopic (exact) mass is 356 g/mol. The lowest BCUT2D eigenvalue weighted by atomic mass is 10.1. The molecular formula is C18H17ClN4O2. The number of nitrogens with one attached hydrogen (secondary N) is 2. The summed E-state index contributed by atoms with van der Waals surface area (Å²) in [5, 5.41) is 10.5. The third kappa shape index (κ3) is 4.81. The van der Waals surface area contributed by atoms with Crippen molar-refractivity contribution in [2.24, 2.45) is 0 Å². The minimum atomic E-state index is -0.186. The molecule has 3 aromatic rings. The number of rotatable bonds is 6. The van der Waals surface area contributed by atoms with Gasteiger partial charge in [0, 0.05) is 23.8 Å². The number of benzene rings is 1. The van der Waals surface area contributed by atoms with Gasteiger partial charge in [-0.3, -0.25) is 9.78 Å². The van der Waals surface area contributed by atoms with E-state index in [4.69, 9.17) is 16.1 Å². The van der Waals surface area contributed by atoms with Gasteiger partial charge in [0.1, 0.15) is 5.76 Å². The van der Waals surface area contributed by atoms with Gasteiger partial charge in [0.15, 0.2) is 5.82 Å². The maximum atomic E-state index is 12.3. The number of amides is 1. The number of anilines is 2. The summed E-state index contributed by atoms with van der Waals surface area (Å²) in [5.74, 6) is 1.08. The van der Waals surface area contributed by atoms with E-state index in [0.29, 0.717) is 40.8 Å². The molecule has 0 atom stereocenters. The Bertz CT molecular complexity index is 879. The van der Waals surface area contributed by atoms with Crippen LogP contribution in [0.4, 0.5) is 11.5 Å². The second-order valence-electron chi connectivity index (χ2n) is 5.55. The molecule has 3 rings (SSSR count). The summed E-state index contributed by atoms with van der Waals surface area (Å²) < 4.78 is 5.00. The van der Waals surface area contributed by atoms with E-state index in [2.05, 4.69) is 20.8 Å².